The SMILES string of the molecule is CCOC(=O)c1cn(Cc2ccc(N3CC4CC4C3)nc2Cl)cn1.CCOC(=O)c1cn(Cc2ccc(N3CC4CC4C3)nc2F)cn1. The highest BCUT2D eigenvalue weighted by Gasteiger charge is 2.46. The molecule has 4 aliphatic rings. The van der Waals surface area contributed by atoms with Crippen molar-refractivity contribution in [1.82, 2.24) is 29.1 Å². The van der Waals surface area contributed by atoms with Gasteiger partial charge in [0.15, 0.2) is 11.4 Å². The van der Waals surface area contributed by atoms with Gasteiger partial charge in [0.2, 0.25) is 5.95 Å². The maximum absolute atomic E-state index is 14.3. The Labute approximate surface area is 282 Å². The largest absolute Gasteiger partial charge is 0.461 e. The summed E-state index contributed by atoms with van der Waals surface area (Å²) >= 11 is 6.36. The molecule has 0 aromatic carbocycles. The highest BCUT2D eigenvalue weighted by atomic mass is 35.5. The molecule has 2 aliphatic carbocycles. The molecule has 0 amide bonds. The zero-order chi connectivity index (χ0) is 33.4. The number of piperidine rings is 2. The summed E-state index contributed by atoms with van der Waals surface area (Å²) in [5.41, 5.74) is 1.89. The molecule has 4 unspecified atom stereocenters. The number of ether oxygens (including phenoxy) is 2. The van der Waals surface area contributed by atoms with Crippen LogP contribution in [-0.4, -0.2) is 80.4 Å². The number of carbonyl (C=O) groups excluding carboxylic acids is 2. The Morgan fingerprint density at radius 3 is 1.67 bits per heavy atom. The minimum atomic E-state index is -0.474. The van der Waals surface area contributed by atoms with E-state index in [4.69, 9.17) is 21.1 Å². The van der Waals surface area contributed by atoms with Crippen molar-refractivity contribution in [3.8, 4) is 0 Å². The molecule has 12 nitrogen and oxygen atoms in total. The van der Waals surface area contributed by atoms with Gasteiger partial charge in [0.25, 0.3) is 0 Å². The summed E-state index contributed by atoms with van der Waals surface area (Å²) in [5, 5.41) is 0.499. The minimum Gasteiger partial charge on any atom is -0.461 e. The van der Waals surface area contributed by atoms with Crippen molar-refractivity contribution < 1.29 is 23.5 Å². The third kappa shape index (κ3) is 7.15. The summed E-state index contributed by atoms with van der Waals surface area (Å²) < 4.78 is 27.6. The monoisotopic (exact) mass is 676 g/mol. The van der Waals surface area contributed by atoms with Crippen LogP contribution in [0.3, 0.4) is 0 Å². The second kappa shape index (κ2) is 13.5. The molecule has 4 aromatic heterocycles. The second-order valence-corrected chi connectivity index (χ2v) is 13.2. The van der Waals surface area contributed by atoms with E-state index in [9.17, 15) is 14.0 Å². The third-order valence-electron chi connectivity index (χ3n) is 9.37. The van der Waals surface area contributed by atoms with Gasteiger partial charge < -0.3 is 28.4 Å². The van der Waals surface area contributed by atoms with Crippen LogP contribution in [0.2, 0.25) is 5.15 Å². The van der Waals surface area contributed by atoms with Crippen molar-refractivity contribution in [3.05, 3.63) is 82.9 Å². The number of hydrogen-bond acceptors (Lipinski definition) is 10. The molecule has 2 saturated heterocycles. The zero-order valence-corrected chi connectivity index (χ0v) is 27.7. The van der Waals surface area contributed by atoms with E-state index in [-0.39, 0.29) is 12.2 Å². The molecular weight excluding hydrogens is 639 g/mol. The smallest absolute Gasteiger partial charge is 0.358 e. The van der Waals surface area contributed by atoms with Crippen molar-refractivity contribution in [2.45, 2.75) is 39.8 Å². The number of nitrogens with zero attached hydrogens (tertiary/aromatic N) is 8. The first kappa shape index (κ1) is 32.0. The lowest BCUT2D eigenvalue weighted by Crippen LogP contribution is -2.23. The molecule has 252 valence electrons. The number of imidazole rings is 2. The number of anilines is 2. The van der Waals surface area contributed by atoms with E-state index < -0.39 is 17.9 Å². The van der Waals surface area contributed by atoms with Crippen LogP contribution in [0.25, 0.3) is 0 Å². The van der Waals surface area contributed by atoms with Crippen LogP contribution >= 0.6 is 11.6 Å². The lowest BCUT2D eigenvalue weighted by molar-refractivity contribution is 0.0510. The number of fused-ring (bicyclic) bond motifs is 2. The Morgan fingerprint density at radius 1 is 0.750 bits per heavy atom. The summed E-state index contributed by atoms with van der Waals surface area (Å²) in [6.07, 6.45) is 8.99. The number of halogens is 2. The van der Waals surface area contributed by atoms with Gasteiger partial charge in [0.05, 0.1) is 39.0 Å². The van der Waals surface area contributed by atoms with Gasteiger partial charge in [-0.1, -0.05) is 17.7 Å². The fraction of sp³-hybridized carbons (Fsp3) is 0.471. The van der Waals surface area contributed by atoms with Crippen molar-refractivity contribution in [2.24, 2.45) is 23.7 Å². The van der Waals surface area contributed by atoms with Gasteiger partial charge in [-0.05, 0) is 68.6 Å². The van der Waals surface area contributed by atoms with Crippen LogP contribution in [0.5, 0.6) is 0 Å². The van der Waals surface area contributed by atoms with Crippen LogP contribution in [0.1, 0.15) is 58.8 Å². The van der Waals surface area contributed by atoms with E-state index in [0.717, 1.165) is 61.2 Å². The Balaban J connectivity index is 0.000000152. The number of rotatable bonds is 10. The van der Waals surface area contributed by atoms with E-state index in [0.29, 0.717) is 42.0 Å². The number of pyridine rings is 2. The van der Waals surface area contributed by atoms with Gasteiger partial charge in [0, 0.05) is 49.7 Å². The van der Waals surface area contributed by atoms with E-state index in [2.05, 4.69) is 29.7 Å². The van der Waals surface area contributed by atoms with Gasteiger partial charge >= 0.3 is 11.9 Å². The molecule has 0 spiro atoms. The summed E-state index contributed by atoms with van der Waals surface area (Å²) in [6, 6.07) is 7.64. The maximum Gasteiger partial charge on any atom is 0.358 e. The number of esters is 2. The highest BCUT2D eigenvalue weighted by molar-refractivity contribution is 6.30. The average molecular weight is 677 g/mol. The molecule has 4 fully saturated rings. The van der Waals surface area contributed by atoms with E-state index in [1.54, 1.807) is 47.8 Å². The number of aromatic nitrogens is 6. The summed E-state index contributed by atoms with van der Waals surface area (Å²) in [4.78, 5) is 44.4. The first-order valence-electron chi connectivity index (χ1n) is 16.5. The molecule has 2 aliphatic heterocycles. The predicted octanol–water partition coefficient (Wildman–Crippen LogP) is 4.71. The van der Waals surface area contributed by atoms with E-state index in [1.165, 1.54) is 19.2 Å². The lowest BCUT2D eigenvalue weighted by atomic mass is 10.2. The molecule has 0 N–H and O–H groups in total. The predicted molar refractivity (Wildman–Crippen MR) is 176 cm³/mol. The maximum atomic E-state index is 14.3. The quantitative estimate of drug-likeness (QED) is 0.173. The summed E-state index contributed by atoms with van der Waals surface area (Å²) in [5.74, 6) is 3.58. The fourth-order valence-corrected chi connectivity index (χ4v) is 6.78. The lowest BCUT2D eigenvalue weighted by Gasteiger charge is -2.19. The Hall–Kier alpha value is -4.52. The third-order valence-corrected chi connectivity index (χ3v) is 9.70. The molecule has 8 rings (SSSR count). The molecule has 14 heteroatoms. The van der Waals surface area contributed by atoms with Gasteiger partial charge in [-0.2, -0.15) is 4.39 Å². The molecule has 2 saturated carbocycles. The molecule has 4 aromatic rings. The van der Waals surface area contributed by atoms with Crippen LogP contribution in [0.4, 0.5) is 16.0 Å². The molecule has 0 bridgehead atoms. The Bertz CT molecular complexity index is 1660. The Morgan fingerprint density at radius 2 is 1.21 bits per heavy atom. The first-order valence-corrected chi connectivity index (χ1v) is 16.8. The molecule has 48 heavy (non-hydrogen) atoms. The van der Waals surface area contributed by atoms with Crippen molar-refractivity contribution in [1.29, 1.82) is 0 Å². The van der Waals surface area contributed by atoms with Gasteiger partial charge in [-0.3, -0.25) is 0 Å². The van der Waals surface area contributed by atoms with Crippen LogP contribution in [-0.2, 0) is 22.6 Å². The second-order valence-electron chi connectivity index (χ2n) is 12.9. The molecular formula is C34H38ClFN8O4. The zero-order valence-electron chi connectivity index (χ0n) is 27.0. The molecule has 4 atom stereocenters. The van der Waals surface area contributed by atoms with Gasteiger partial charge in [0.1, 0.15) is 16.8 Å². The number of hydrogen-bond donors (Lipinski definition) is 0. The van der Waals surface area contributed by atoms with Gasteiger partial charge in [-0.15, -0.1) is 0 Å². The topological polar surface area (TPSA) is 121 Å². The van der Waals surface area contributed by atoms with E-state index >= 15 is 0 Å². The van der Waals surface area contributed by atoms with Gasteiger partial charge in [-0.25, -0.2) is 29.5 Å². The van der Waals surface area contributed by atoms with Crippen molar-refractivity contribution >= 4 is 35.2 Å². The molecule has 6 heterocycles. The summed E-state index contributed by atoms with van der Waals surface area (Å²) in [6.45, 7) is 9.09. The standard InChI is InChI=1S/C17H19ClN4O2.C17H19FN4O2/c2*1-2-24-17(23)14-9-21(10-19-14)6-11-3-4-15(20-16(11)18)22-7-12-5-13(12)8-22/h2*3-4,9-10,12-13H,2,5-8H2,1H3. The van der Waals surface area contributed by atoms with Crippen LogP contribution < -0.4 is 9.80 Å². The normalized spacial score (nSPS) is 21.7. The number of carbonyl (C=O) groups is 2. The van der Waals surface area contributed by atoms with Crippen molar-refractivity contribution in [2.75, 3.05) is 49.2 Å². The Kier molecular flexibility index (Phi) is 9.04. The highest BCUT2D eigenvalue weighted by Crippen LogP contribution is 2.46. The minimum absolute atomic E-state index is 0.220. The van der Waals surface area contributed by atoms with Crippen molar-refractivity contribution in [3.63, 3.8) is 0 Å². The first-order chi connectivity index (χ1) is 23.3. The average Bonchev–Trinajstić information content (AvgIpc) is 3.62. The van der Waals surface area contributed by atoms with Crippen LogP contribution in [0.15, 0.2) is 49.3 Å². The fourth-order valence-electron chi connectivity index (χ4n) is 6.57. The van der Waals surface area contributed by atoms with Crippen LogP contribution in [0, 0.1) is 29.6 Å². The van der Waals surface area contributed by atoms with E-state index in [1.807, 2.05) is 18.2 Å². The summed E-state index contributed by atoms with van der Waals surface area (Å²) in [7, 11) is 0. The molecule has 0 radical (unpaired) electrons.